The summed E-state index contributed by atoms with van der Waals surface area (Å²) in [5.41, 5.74) is 7.31. The largest absolute Gasteiger partial charge is 0.508 e. The summed E-state index contributed by atoms with van der Waals surface area (Å²) in [6.07, 6.45) is 2.12. The van der Waals surface area contributed by atoms with E-state index in [4.69, 9.17) is 5.73 Å². The Labute approximate surface area is 111 Å². The molecule has 0 bridgehead atoms. The van der Waals surface area contributed by atoms with E-state index < -0.39 is 0 Å². The fourth-order valence-electron chi connectivity index (χ4n) is 2.55. The van der Waals surface area contributed by atoms with E-state index in [9.17, 15) is 5.11 Å². The number of rotatable bonds is 7. The third kappa shape index (κ3) is 3.24. The molecule has 0 fully saturated rings. The molecule has 1 aromatic rings. The molecule has 0 aliphatic heterocycles. The first-order valence-corrected chi connectivity index (χ1v) is 6.84. The van der Waals surface area contributed by atoms with Crippen molar-refractivity contribution in [1.82, 2.24) is 4.90 Å². The van der Waals surface area contributed by atoms with Gasteiger partial charge in [-0.15, -0.1) is 0 Å². The van der Waals surface area contributed by atoms with E-state index in [0.717, 1.165) is 25.9 Å². The van der Waals surface area contributed by atoms with Gasteiger partial charge in [0.05, 0.1) is 0 Å². The molecule has 3 N–H and O–H groups in total. The monoisotopic (exact) mass is 250 g/mol. The molecule has 0 amide bonds. The predicted octanol–water partition coefficient (Wildman–Crippen LogP) is 2.73. The average Bonchev–Trinajstić information content (AvgIpc) is 2.42. The number of phenols is 1. The highest BCUT2D eigenvalue weighted by Gasteiger charge is 2.30. The highest BCUT2D eigenvalue weighted by atomic mass is 16.3. The number of nitrogens with two attached hydrogens (primary N) is 1. The molecular formula is C15H26N2O. The van der Waals surface area contributed by atoms with E-state index in [0.29, 0.717) is 12.3 Å². The van der Waals surface area contributed by atoms with E-state index in [1.165, 1.54) is 5.56 Å². The SMILES string of the molecule is CCN(Cc1ccc(O)cc1)C(CC)(CC)CN. The van der Waals surface area contributed by atoms with Crippen LogP contribution in [0.3, 0.4) is 0 Å². The lowest BCUT2D eigenvalue weighted by Crippen LogP contribution is -2.52. The van der Waals surface area contributed by atoms with Crippen molar-refractivity contribution in [3.8, 4) is 5.75 Å². The van der Waals surface area contributed by atoms with Crippen LogP contribution in [0.15, 0.2) is 24.3 Å². The molecule has 18 heavy (non-hydrogen) atoms. The first kappa shape index (κ1) is 15.0. The van der Waals surface area contributed by atoms with Crippen LogP contribution in [0.5, 0.6) is 5.75 Å². The van der Waals surface area contributed by atoms with E-state index in [1.54, 1.807) is 12.1 Å². The summed E-state index contributed by atoms with van der Waals surface area (Å²) >= 11 is 0. The van der Waals surface area contributed by atoms with Crippen molar-refractivity contribution < 1.29 is 5.11 Å². The van der Waals surface area contributed by atoms with Crippen LogP contribution in [0.25, 0.3) is 0 Å². The van der Waals surface area contributed by atoms with Crippen LogP contribution in [-0.2, 0) is 6.54 Å². The molecule has 0 spiro atoms. The van der Waals surface area contributed by atoms with E-state index in [2.05, 4.69) is 25.7 Å². The molecular weight excluding hydrogens is 224 g/mol. The quantitative estimate of drug-likeness (QED) is 0.782. The van der Waals surface area contributed by atoms with Gasteiger partial charge in [-0.1, -0.05) is 32.9 Å². The van der Waals surface area contributed by atoms with Crippen LogP contribution in [-0.4, -0.2) is 28.6 Å². The molecule has 0 radical (unpaired) electrons. The standard InChI is InChI=1S/C15H26N2O/c1-4-15(5-2,12-16)17(6-3)11-13-7-9-14(18)10-8-13/h7-10,18H,4-6,11-12,16H2,1-3H3. The van der Waals surface area contributed by atoms with Crippen molar-refractivity contribution in [3.05, 3.63) is 29.8 Å². The van der Waals surface area contributed by atoms with Gasteiger partial charge in [-0.3, -0.25) is 4.90 Å². The van der Waals surface area contributed by atoms with Gasteiger partial charge in [0.2, 0.25) is 0 Å². The van der Waals surface area contributed by atoms with Gasteiger partial charge < -0.3 is 10.8 Å². The molecule has 3 heteroatoms. The highest BCUT2D eigenvalue weighted by Crippen LogP contribution is 2.25. The van der Waals surface area contributed by atoms with Crippen molar-refractivity contribution in [1.29, 1.82) is 0 Å². The Morgan fingerprint density at radius 1 is 1.11 bits per heavy atom. The van der Waals surface area contributed by atoms with Gasteiger partial charge in [-0.2, -0.15) is 0 Å². The van der Waals surface area contributed by atoms with Crippen molar-refractivity contribution in [3.63, 3.8) is 0 Å². The van der Waals surface area contributed by atoms with Crippen LogP contribution < -0.4 is 5.73 Å². The Hall–Kier alpha value is -1.06. The van der Waals surface area contributed by atoms with Crippen LogP contribution in [0.4, 0.5) is 0 Å². The molecule has 0 unspecified atom stereocenters. The Kier molecular flexibility index (Phi) is 5.63. The number of hydrogen-bond acceptors (Lipinski definition) is 3. The maximum Gasteiger partial charge on any atom is 0.115 e. The van der Waals surface area contributed by atoms with E-state index in [-0.39, 0.29) is 5.54 Å². The third-order valence-electron chi connectivity index (χ3n) is 4.06. The van der Waals surface area contributed by atoms with Crippen LogP contribution in [0.1, 0.15) is 39.2 Å². The van der Waals surface area contributed by atoms with E-state index >= 15 is 0 Å². The van der Waals surface area contributed by atoms with Gasteiger partial charge >= 0.3 is 0 Å². The number of benzene rings is 1. The Morgan fingerprint density at radius 3 is 2.06 bits per heavy atom. The molecule has 0 saturated heterocycles. The summed E-state index contributed by atoms with van der Waals surface area (Å²) in [5, 5.41) is 9.31. The topological polar surface area (TPSA) is 49.5 Å². The smallest absolute Gasteiger partial charge is 0.115 e. The van der Waals surface area contributed by atoms with E-state index in [1.807, 2.05) is 12.1 Å². The molecule has 0 aliphatic rings. The minimum atomic E-state index is 0.0899. The van der Waals surface area contributed by atoms with Crippen molar-refractivity contribution in [2.24, 2.45) is 5.73 Å². The lowest BCUT2D eigenvalue weighted by atomic mass is 9.90. The summed E-state index contributed by atoms with van der Waals surface area (Å²) < 4.78 is 0. The van der Waals surface area contributed by atoms with Crippen LogP contribution >= 0.6 is 0 Å². The van der Waals surface area contributed by atoms with Crippen LogP contribution in [0, 0.1) is 0 Å². The second kappa shape index (κ2) is 6.76. The van der Waals surface area contributed by atoms with Crippen molar-refractivity contribution in [2.75, 3.05) is 13.1 Å². The maximum absolute atomic E-state index is 9.31. The Morgan fingerprint density at radius 2 is 1.67 bits per heavy atom. The number of nitrogens with zero attached hydrogens (tertiary/aromatic N) is 1. The first-order chi connectivity index (χ1) is 8.61. The predicted molar refractivity (Wildman–Crippen MR) is 76.6 cm³/mol. The maximum atomic E-state index is 9.31. The molecule has 3 nitrogen and oxygen atoms in total. The first-order valence-electron chi connectivity index (χ1n) is 6.84. The Bertz CT molecular complexity index is 336. The number of phenolic OH excluding ortho intramolecular Hbond substituents is 1. The van der Waals surface area contributed by atoms with Crippen molar-refractivity contribution >= 4 is 0 Å². The van der Waals surface area contributed by atoms with Gasteiger partial charge in [0, 0.05) is 18.6 Å². The minimum Gasteiger partial charge on any atom is -0.508 e. The summed E-state index contributed by atoms with van der Waals surface area (Å²) in [6.45, 7) is 9.14. The summed E-state index contributed by atoms with van der Waals surface area (Å²) in [6, 6.07) is 7.44. The minimum absolute atomic E-state index is 0.0899. The molecule has 102 valence electrons. The lowest BCUT2D eigenvalue weighted by molar-refractivity contribution is 0.0828. The second-order valence-electron chi connectivity index (χ2n) is 4.82. The molecule has 0 atom stereocenters. The molecule has 0 aliphatic carbocycles. The van der Waals surface area contributed by atoms with Crippen LogP contribution in [0.2, 0.25) is 0 Å². The number of likely N-dealkylation sites (N-methyl/N-ethyl adjacent to an activating group) is 1. The zero-order chi connectivity index (χ0) is 13.6. The fraction of sp³-hybridized carbons (Fsp3) is 0.600. The zero-order valence-corrected chi connectivity index (χ0v) is 11.8. The summed E-state index contributed by atoms with van der Waals surface area (Å²) in [7, 11) is 0. The van der Waals surface area contributed by atoms with Gasteiger partial charge in [-0.25, -0.2) is 0 Å². The lowest BCUT2D eigenvalue weighted by Gasteiger charge is -2.42. The molecule has 0 aromatic heterocycles. The van der Waals surface area contributed by atoms with Gasteiger partial charge in [0.1, 0.15) is 5.75 Å². The molecule has 1 rings (SSSR count). The van der Waals surface area contributed by atoms with Gasteiger partial charge in [-0.05, 0) is 37.1 Å². The highest BCUT2D eigenvalue weighted by molar-refractivity contribution is 5.26. The number of aromatic hydroxyl groups is 1. The summed E-state index contributed by atoms with van der Waals surface area (Å²) in [5.74, 6) is 0.317. The van der Waals surface area contributed by atoms with Gasteiger partial charge in [0.25, 0.3) is 0 Å². The molecule has 0 heterocycles. The third-order valence-corrected chi connectivity index (χ3v) is 4.06. The summed E-state index contributed by atoms with van der Waals surface area (Å²) in [4.78, 5) is 2.44. The second-order valence-corrected chi connectivity index (χ2v) is 4.82. The zero-order valence-electron chi connectivity index (χ0n) is 11.8. The molecule has 1 aromatic carbocycles. The molecule has 0 saturated carbocycles. The fourth-order valence-corrected chi connectivity index (χ4v) is 2.55. The van der Waals surface area contributed by atoms with Gasteiger partial charge in [0.15, 0.2) is 0 Å². The van der Waals surface area contributed by atoms with Crippen molar-refractivity contribution in [2.45, 2.75) is 45.7 Å². The number of hydrogen-bond donors (Lipinski definition) is 2. The normalized spacial score (nSPS) is 12.1. The Balaban J connectivity index is 2.86. The average molecular weight is 250 g/mol.